The fraction of sp³-hybridized carbons (Fsp3) is 0.800. The van der Waals surface area contributed by atoms with E-state index in [1.807, 2.05) is 6.92 Å². The fourth-order valence-electron chi connectivity index (χ4n) is 1.20. The van der Waals surface area contributed by atoms with E-state index in [0.717, 1.165) is 6.61 Å². The van der Waals surface area contributed by atoms with Crippen LogP contribution in [0, 0.1) is 0 Å². The van der Waals surface area contributed by atoms with Crippen LogP contribution in [-0.4, -0.2) is 75.4 Å². The first kappa shape index (κ1) is 24.5. The van der Waals surface area contributed by atoms with Gasteiger partial charge < -0.3 is 28.8 Å². The summed E-state index contributed by atoms with van der Waals surface area (Å²) in [4.78, 5) is 31.6. The van der Waals surface area contributed by atoms with Gasteiger partial charge in [-0.15, -0.1) is 0 Å². The van der Waals surface area contributed by atoms with Crippen LogP contribution in [0.3, 0.4) is 0 Å². The van der Waals surface area contributed by atoms with Crippen molar-refractivity contribution < 1.29 is 43.2 Å². The Morgan fingerprint density at radius 2 is 1.33 bits per heavy atom. The lowest BCUT2D eigenvalue weighted by atomic mass is 10.4. The molecule has 0 radical (unpaired) electrons. The van der Waals surface area contributed by atoms with Crippen molar-refractivity contribution in [3.63, 3.8) is 0 Å². The molecular weight excluding hydrogens is 324 g/mol. The van der Waals surface area contributed by atoms with Gasteiger partial charge in [-0.1, -0.05) is 0 Å². The van der Waals surface area contributed by atoms with Crippen LogP contribution in [-0.2, 0) is 38.1 Å². The zero-order chi connectivity index (χ0) is 18.8. The first-order valence-corrected chi connectivity index (χ1v) is 7.53. The normalized spacial score (nSPS) is 9.75. The smallest absolute Gasteiger partial charge is 0.303 e. The maximum absolute atomic E-state index is 10.6. The molecule has 0 aromatic heterocycles. The number of aliphatic hydroxyl groups is 1. The molecule has 0 rings (SSSR count). The van der Waals surface area contributed by atoms with Crippen molar-refractivity contribution in [1.29, 1.82) is 0 Å². The summed E-state index contributed by atoms with van der Waals surface area (Å²) in [5, 5.41) is 8.26. The summed E-state index contributed by atoms with van der Waals surface area (Å²) in [7, 11) is 0. The van der Waals surface area contributed by atoms with E-state index in [0.29, 0.717) is 19.8 Å². The van der Waals surface area contributed by atoms with E-state index in [1.54, 1.807) is 0 Å². The van der Waals surface area contributed by atoms with E-state index in [4.69, 9.17) is 19.3 Å². The third kappa shape index (κ3) is 22.6. The Labute approximate surface area is 142 Å². The average Bonchev–Trinajstić information content (AvgIpc) is 2.50. The number of carbonyl (C=O) groups is 3. The van der Waals surface area contributed by atoms with Crippen molar-refractivity contribution in [2.24, 2.45) is 0 Å². The van der Waals surface area contributed by atoms with Gasteiger partial charge >= 0.3 is 17.9 Å². The van der Waals surface area contributed by atoms with Crippen molar-refractivity contribution >= 4 is 17.9 Å². The van der Waals surface area contributed by atoms with Crippen LogP contribution in [0.25, 0.3) is 0 Å². The molecule has 0 saturated heterocycles. The summed E-state index contributed by atoms with van der Waals surface area (Å²) in [5.74, 6) is -1.51. The maximum Gasteiger partial charge on any atom is 0.303 e. The molecule has 0 aliphatic carbocycles. The van der Waals surface area contributed by atoms with Crippen LogP contribution in [0.15, 0.2) is 0 Å². The minimum atomic E-state index is -0.754. The second-order valence-electron chi connectivity index (χ2n) is 4.37. The van der Waals surface area contributed by atoms with Crippen molar-refractivity contribution in [1.82, 2.24) is 0 Å². The highest BCUT2D eigenvalue weighted by atomic mass is 16.6. The maximum atomic E-state index is 10.6. The van der Waals surface area contributed by atoms with Crippen molar-refractivity contribution in [2.45, 2.75) is 33.8 Å². The molecule has 0 saturated carbocycles. The number of rotatable bonds is 11. The molecule has 0 atom stereocenters. The van der Waals surface area contributed by atoms with E-state index in [9.17, 15) is 14.4 Å². The summed E-state index contributed by atoms with van der Waals surface area (Å²) in [6.45, 7) is 7.80. The predicted molar refractivity (Wildman–Crippen MR) is 83.2 cm³/mol. The van der Waals surface area contributed by atoms with Gasteiger partial charge in [0.05, 0.1) is 26.4 Å². The summed E-state index contributed by atoms with van der Waals surface area (Å²) < 4.78 is 23.9. The highest BCUT2D eigenvalue weighted by molar-refractivity contribution is 5.67. The minimum Gasteiger partial charge on any atom is -0.462 e. The van der Waals surface area contributed by atoms with Crippen molar-refractivity contribution in [2.75, 3.05) is 46.2 Å². The molecular formula is C15H28O9. The van der Waals surface area contributed by atoms with E-state index < -0.39 is 24.0 Å². The Morgan fingerprint density at radius 1 is 0.833 bits per heavy atom. The number of hydrogen-bond donors (Lipinski definition) is 1. The lowest BCUT2D eigenvalue weighted by Crippen LogP contribution is -2.29. The molecule has 0 aliphatic rings. The molecule has 9 nitrogen and oxygen atoms in total. The molecule has 0 spiro atoms. The monoisotopic (exact) mass is 352 g/mol. The van der Waals surface area contributed by atoms with Crippen LogP contribution in [0.4, 0.5) is 0 Å². The first-order valence-electron chi connectivity index (χ1n) is 7.53. The fourth-order valence-corrected chi connectivity index (χ4v) is 1.20. The second-order valence-corrected chi connectivity index (χ2v) is 4.37. The first-order chi connectivity index (χ1) is 11.3. The van der Waals surface area contributed by atoms with Gasteiger partial charge in [-0.05, 0) is 6.92 Å². The van der Waals surface area contributed by atoms with E-state index in [2.05, 4.69) is 9.47 Å². The molecule has 0 amide bonds. The Morgan fingerprint density at radius 3 is 1.71 bits per heavy atom. The topological polar surface area (TPSA) is 118 Å². The Hall–Kier alpha value is -1.71. The lowest BCUT2D eigenvalue weighted by molar-refractivity contribution is -0.163. The largest absolute Gasteiger partial charge is 0.462 e. The van der Waals surface area contributed by atoms with Gasteiger partial charge in [-0.2, -0.15) is 0 Å². The highest BCUT2D eigenvalue weighted by Gasteiger charge is 2.15. The molecule has 0 aliphatic heterocycles. The van der Waals surface area contributed by atoms with E-state index >= 15 is 0 Å². The molecule has 9 heteroatoms. The molecule has 0 unspecified atom stereocenters. The number of aliphatic hydroxyl groups excluding tert-OH is 1. The highest BCUT2D eigenvalue weighted by Crippen LogP contribution is 1.97. The van der Waals surface area contributed by atoms with Gasteiger partial charge in [0.15, 0.2) is 6.10 Å². The van der Waals surface area contributed by atoms with Gasteiger partial charge in [-0.25, -0.2) is 0 Å². The van der Waals surface area contributed by atoms with Gasteiger partial charge in [0.25, 0.3) is 0 Å². The van der Waals surface area contributed by atoms with Crippen LogP contribution in [0.5, 0.6) is 0 Å². The van der Waals surface area contributed by atoms with Crippen LogP contribution >= 0.6 is 0 Å². The van der Waals surface area contributed by atoms with Crippen LogP contribution in [0.2, 0.25) is 0 Å². The standard InChI is InChI=1S/C9H14O6.C6H14O3/c1-6(10)13-4-9(15-8(3)12)5-14-7(2)11;1-2-8-5-6-9-4-3-7/h9H,4-5H2,1-3H3;7H,2-6H2,1H3. The molecule has 0 aromatic carbocycles. The summed E-state index contributed by atoms with van der Waals surface area (Å²) in [6, 6.07) is 0. The molecule has 0 heterocycles. The van der Waals surface area contributed by atoms with E-state index in [1.165, 1.54) is 20.8 Å². The quantitative estimate of drug-likeness (QED) is 0.313. The average molecular weight is 352 g/mol. The van der Waals surface area contributed by atoms with Crippen LogP contribution in [0.1, 0.15) is 27.7 Å². The molecule has 1 N–H and O–H groups in total. The van der Waals surface area contributed by atoms with Crippen molar-refractivity contribution in [3.05, 3.63) is 0 Å². The van der Waals surface area contributed by atoms with Crippen LogP contribution < -0.4 is 0 Å². The summed E-state index contributed by atoms with van der Waals surface area (Å²) >= 11 is 0. The zero-order valence-corrected chi connectivity index (χ0v) is 14.7. The predicted octanol–water partition coefficient (Wildman–Crippen LogP) is 0.0761. The molecule has 142 valence electrons. The van der Waals surface area contributed by atoms with Gasteiger partial charge in [0, 0.05) is 27.4 Å². The number of hydrogen-bond acceptors (Lipinski definition) is 9. The summed E-state index contributed by atoms with van der Waals surface area (Å²) in [5.41, 5.74) is 0. The molecule has 0 bridgehead atoms. The van der Waals surface area contributed by atoms with Gasteiger partial charge in [0.2, 0.25) is 0 Å². The van der Waals surface area contributed by atoms with Crippen molar-refractivity contribution in [3.8, 4) is 0 Å². The van der Waals surface area contributed by atoms with Gasteiger partial charge in [-0.3, -0.25) is 14.4 Å². The zero-order valence-electron chi connectivity index (χ0n) is 14.7. The third-order valence-electron chi connectivity index (χ3n) is 2.09. The Balaban J connectivity index is 0. The van der Waals surface area contributed by atoms with Gasteiger partial charge in [0.1, 0.15) is 13.2 Å². The third-order valence-corrected chi connectivity index (χ3v) is 2.09. The Kier molecular flexibility index (Phi) is 18.0. The minimum absolute atomic E-state index is 0.0894. The number of esters is 3. The van der Waals surface area contributed by atoms with E-state index in [-0.39, 0.29) is 19.8 Å². The molecule has 0 aromatic rings. The lowest BCUT2D eigenvalue weighted by Gasteiger charge is -2.15. The molecule has 0 fully saturated rings. The molecule has 24 heavy (non-hydrogen) atoms. The Bertz CT molecular complexity index is 320. The number of carbonyl (C=O) groups excluding carboxylic acids is 3. The number of ether oxygens (including phenoxy) is 5. The SMILES string of the molecule is CC(=O)OCC(COC(C)=O)OC(C)=O.CCOCCOCCO. The summed E-state index contributed by atoms with van der Waals surface area (Å²) in [6.07, 6.45) is -0.754. The second kappa shape index (κ2) is 17.6.